The van der Waals surface area contributed by atoms with E-state index < -0.39 is 0 Å². The molecule has 0 aliphatic rings. The Labute approximate surface area is 169 Å². The lowest BCUT2D eigenvalue weighted by atomic mass is 10.0. The van der Waals surface area contributed by atoms with Crippen LogP contribution in [0.4, 0.5) is 0 Å². The van der Waals surface area contributed by atoms with E-state index in [4.69, 9.17) is 4.98 Å². The summed E-state index contributed by atoms with van der Waals surface area (Å²) in [4.78, 5) is 21.9. The molecule has 5 heteroatoms. The standard InChI is InChI=1S/C24H21N3O2/c28-16-19(14-17-6-2-1-3-7-17)26-24(29)21-15-23(18-10-12-25-13-11-18)27-22-9-5-4-8-20(21)22/h1-13,15,19,28H,14,16H2,(H,26,29)/t19-/m1/s1. The Balaban J connectivity index is 1.67. The molecule has 2 aromatic heterocycles. The number of nitrogens with zero attached hydrogens (tertiary/aromatic N) is 2. The van der Waals surface area contributed by atoms with Crippen LogP contribution in [0.3, 0.4) is 0 Å². The number of hydrogen-bond donors (Lipinski definition) is 2. The Kier molecular flexibility index (Phi) is 5.59. The fraction of sp³-hybridized carbons (Fsp3) is 0.125. The molecule has 1 atom stereocenters. The second kappa shape index (κ2) is 8.63. The predicted molar refractivity (Wildman–Crippen MR) is 113 cm³/mol. The Morgan fingerprint density at radius 2 is 1.69 bits per heavy atom. The van der Waals surface area contributed by atoms with Gasteiger partial charge in [0.1, 0.15) is 0 Å². The van der Waals surface area contributed by atoms with Gasteiger partial charge in [0.2, 0.25) is 0 Å². The van der Waals surface area contributed by atoms with Crippen LogP contribution in [-0.4, -0.2) is 33.6 Å². The van der Waals surface area contributed by atoms with Crippen LogP contribution in [0.1, 0.15) is 15.9 Å². The summed E-state index contributed by atoms with van der Waals surface area (Å²) >= 11 is 0. The number of para-hydroxylation sites is 1. The Hall–Kier alpha value is -3.57. The van der Waals surface area contributed by atoms with Gasteiger partial charge in [0.15, 0.2) is 0 Å². The van der Waals surface area contributed by atoms with Gasteiger partial charge >= 0.3 is 0 Å². The van der Waals surface area contributed by atoms with Crippen LogP contribution < -0.4 is 5.32 Å². The van der Waals surface area contributed by atoms with Gasteiger partial charge in [0.25, 0.3) is 5.91 Å². The normalized spacial score (nSPS) is 11.9. The van der Waals surface area contributed by atoms with Gasteiger partial charge in [-0.3, -0.25) is 9.78 Å². The summed E-state index contributed by atoms with van der Waals surface area (Å²) in [5.74, 6) is -0.228. The van der Waals surface area contributed by atoms with Gasteiger partial charge in [-0.15, -0.1) is 0 Å². The lowest BCUT2D eigenvalue weighted by Crippen LogP contribution is -2.39. The lowest BCUT2D eigenvalue weighted by molar-refractivity contribution is 0.0918. The summed E-state index contributed by atoms with van der Waals surface area (Å²) in [6.45, 7) is -0.138. The van der Waals surface area contributed by atoms with Gasteiger partial charge < -0.3 is 10.4 Å². The Morgan fingerprint density at radius 3 is 2.45 bits per heavy atom. The minimum Gasteiger partial charge on any atom is -0.394 e. The molecule has 4 rings (SSSR count). The highest BCUT2D eigenvalue weighted by atomic mass is 16.3. The van der Waals surface area contributed by atoms with Crippen LogP contribution in [-0.2, 0) is 6.42 Å². The molecule has 29 heavy (non-hydrogen) atoms. The molecule has 2 aromatic carbocycles. The van der Waals surface area contributed by atoms with Crippen LogP contribution in [0.25, 0.3) is 22.2 Å². The topological polar surface area (TPSA) is 75.1 Å². The molecule has 0 fully saturated rings. The van der Waals surface area contributed by atoms with Gasteiger partial charge in [-0.25, -0.2) is 4.98 Å². The first-order valence-corrected chi connectivity index (χ1v) is 9.50. The zero-order chi connectivity index (χ0) is 20.1. The van der Waals surface area contributed by atoms with Crippen molar-refractivity contribution in [2.75, 3.05) is 6.61 Å². The van der Waals surface area contributed by atoms with Crippen molar-refractivity contribution in [1.29, 1.82) is 0 Å². The molecule has 0 saturated carbocycles. The molecule has 1 amide bonds. The van der Waals surface area contributed by atoms with Crippen LogP contribution in [0.15, 0.2) is 85.2 Å². The van der Waals surface area contributed by atoms with Crippen molar-refractivity contribution in [3.63, 3.8) is 0 Å². The highest BCUT2D eigenvalue weighted by Crippen LogP contribution is 2.24. The summed E-state index contributed by atoms with van der Waals surface area (Å²) in [6.07, 6.45) is 3.96. The van der Waals surface area contributed by atoms with E-state index in [1.807, 2.05) is 66.7 Å². The molecular formula is C24H21N3O2. The number of aliphatic hydroxyl groups is 1. The van der Waals surface area contributed by atoms with Crippen LogP contribution in [0.2, 0.25) is 0 Å². The first-order valence-electron chi connectivity index (χ1n) is 9.50. The fourth-order valence-electron chi connectivity index (χ4n) is 3.36. The molecule has 0 unspecified atom stereocenters. The molecule has 5 nitrogen and oxygen atoms in total. The average Bonchev–Trinajstić information content (AvgIpc) is 2.79. The number of amides is 1. The maximum atomic E-state index is 13.1. The smallest absolute Gasteiger partial charge is 0.252 e. The maximum absolute atomic E-state index is 13.1. The molecule has 0 radical (unpaired) electrons. The highest BCUT2D eigenvalue weighted by molar-refractivity contribution is 6.07. The number of rotatable bonds is 6. The van der Waals surface area contributed by atoms with Crippen molar-refractivity contribution in [2.45, 2.75) is 12.5 Å². The molecule has 144 valence electrons. The first-order chi connectivity index (χ1) is 14.2. The molecule has 2 N–H and O–H groups in total. The minimum atomic E-state index is -0.374. The number of carbonyl (C=O) groups is 1. The Bertz CT molecular complexity index is 1110. The van der Waals surface area contributed by atoms with Crippen molar-refractivity contribution in [1.82, 2.24) is 15.3 Å². The Morgan fingerprint density at radius 1 is 0.966 bits per heavy atom. The van der Waals surface area contributed by atoms with Crippen molar-refractivity contribution < 1.29 is 9.90 Å². The van der Waals surface area contributed by atoms with E-state index in [2.05, 4.69) is 10.3 Å². The van der Waals surface area contributed by atoms with E-state index >= 15 is 0 Å². The first kappa shape index (κ1) is 18.8. The van der Waals surface area contributed by atoms with Crippen molar-refractivity contribution in [3.05, 3.63) is 96.3 Å². The van der Waals surface area contributed by atoms with E-state index in [-0.39, 0.29) is 18.6 Å². The fourth-order valence-corrected chi connectivity index (χ4v) is 3.36. The number of benzene rings is 2. The van der Waals surface area contributed by atoms with Crippen LogP contribution >= 0.6 is 0 Å². The third-order valence-electron chi connectivity index (χ3n) is 4.82. The molecule has 0 aliphatic carbocycles. The second-order valence-corrected chi connectivity index (χ2v) is 6.85. The SMILES string of the molecule is O=C(N[C@@H](CO)Cc1ccccc1)c1cc(-c2ccncc2)nc2ccccc12. The summed E-state index contributed by atoms with van der Waals surface area (Å²) in [6, 6.07) is 22.5. The van der Waals surface area contributed by atoms with E-state index in [0.717, 1.165) is 22.0 Å². The maximum Gasteiger partial charge on any atom is 0.252 e. The predicted octanol–water partition coefficient (Wildman–Crippen LogP) is 3.63. The number of aliphatic hydroxyl groups excluding tert-OH is 1. The molecule has 0 spiro atoms. The number of pyridine rings is 2. The summed E-state index contributed by atoms with van der Waals surface area (Å²) in [5, 5.41) is 13.5. The zero-order valence-corrected chi connectivity index (χ0v) is 15.8. The summed E-state index contributed by atoms with van der Waals surface area (Å²) in [5.41, 5.74) is 3.94. The molecule has 0 bridgehead atoms. The third-order valence-corrected chi connectivity index (χ3v) is 4.82. The summed E-state index contributed by atoms with van der Waals surface area (Å²) < 4.78 is 0. The van der Waals surface area contributed by atoms with Gasteiger partial charge in [0, 0.05) is 23.3 Å². The number of aromatic nitrogens is 2. The molecule has 0 aliphatic heterocycles. The van der Waals surface area contributed by atoms with Gasteiger partial charge in [-0.2, -0.15) is 0 Å². The lowest BCUT2D eigenvalue weighted by Gasteiger charge is -2.18. The average molecular weight is 383 g/mol. The number of nitrogens with one attached hydrogen (secondary N) is 1. The van der Waals surface area contributed by atoms with Gasteiger partial charge in [-0.1, -0.05) is 48.5 Å². The minimum absolute atomic E-state index is 0.138. The van der Waals surface area contributed by atoms with Gasteiger partial charge in [0.05, 0.1) is 29.4 Å². The number of fused-ring (bicyclic) bond motifs is 1. The van der Waals surface area contributed by atoms with Crippen LogP contribution in [0, 0.1) is 0 Å². The van der Waals surface area contributed by atoms with Crippen molar-refractivity contribution in [3.8, 4) is 11.3 Å². The zero-order valence-electron chi connectivity index (χ0n) is 15.8. The van der Waals surface area contributed by atoms with Crippen molar-refractivity contribution >= 4 is 16.8 Å². The van der Waals surface area contributed by atoms with E-state index in [0.29, 0.717) is 17.7 Å². The molecule has 0 saturated heterocycles. The molecule has 4 aromatic rings. The third kappa shape index (κ3) is 4.31. The summed E-state index contributed by atoms with van der Waals surface area (Å²) in [7, 11) is 0. The quantitative estimate of drug-likeness (QED) is 0.533. The van der Waals surface area contributed by atoms with E-state index in [1.165, 1.54) is 0 Å². The monoisotopic (exact) mass is 383 g/mol. The van der Waals surface area contributed by atoms with E-state index in [9.17, 15) is 9.90 Å². The molecular weight excluding hydrogens is 362 g/mol. The van der Waals surface area contributed by atoms with E-state index in [1.54, 1.807) is 18.5 Å². The highest BCUT2D eigenvalue weighted by Gasteiger charge is 2.18. The largest absolute Gasteiger partial charge is 0.394 e. The second-order valence-electron chi connectivity index (χ2n) is 6.85. The van der Waals surface area contributed by atoms with Crippen LogP contribution in [0.5, 0.6) is 0 Å². The number of carbonyl (C=O) groups excluding carboxylic acids is 1. The van der Waals surface area contributed by atoms with Gasteiger partial charge in [-0.05, 0) is 36.2 Å². The van der Waals surface area contributed by atoms with Crippen molar-refractivity contribution in [2.24, 2.45) is 0 Å². The molecule has 2 heterocycles. The number of hydrogen-bond acceptors (Lipinski definition) is 4.